The normalized spacial score (nSPS) is 10.2. The molecule has 5 heteroatoms. The second-order valence-corrected chi connectivity index (χ2v) is 4.90. The van der Waals surface area contributed by atoms with E-state index in [1.54, 1.807) is 52.1 Å². The van der Waals surface area contributed by atoms with Crippen molar-refractivity contribution in [1.82, 2.24) is 14.5 Å². The molecule has 0 saturated heterocycles. The summed E-state index contributed by atoms with van der Waals surface area (Å²) in [7, 11) is 0. The van der Waals surface area contributed by atoms with Crippen molar-refractivity contribution in [2.75, 3.05) is 13.1 Å². The van der Waals surface area contributed by atoms with Gasteiger partial charge in [0.25, 0.3) is 5.91 Å². The van der Waals surface area contributed by atoms with Crippen molar-refractivity contribution >= 4 is 5.91 Å². The first kappa shape index (κ1) is 15.6. The number of hydrogen-bond acceptors (Lipinski definition) is 2. The molecule has 1 aromatic heterocycles. The number of nitrogens with one attached hydrogen (secondary N) is 1. The Balaban J connectivity index is 2.28. The van der Waals surface area contributed by atoms with Crippen molar-refractivity contribution in [2.45, 2.75) is 6.92 Å². The lowest BCUT2D eigenvalue weighted by Gasteiger charge is -2.19. The summed E-state index contributed by atoms with van der Waals surface area (Å²) < 4.78 is 1.56. The van der Waals surface area contributed by atoms with Crippen LogP contribution in [0.1, 0.15) is 16.1 Å². The zero-order chi connectivity index (χ0) is 16.1. The molecule has 5 nitrogen and oxygen atoms in total. The summed E-state index contributed by atoms with van der Waals surface area (Å²) in [6.07, 6.45) is 5.01. The van der Waals surface area contributed by atoms with Gasteiger partial charge in [-0.05, 0) is 31.2 Å². The van der Waals surface area contributed by atoms with Gasteiger partial charge in [-0.25, -0.2) is 4.79 Å². The summed E-state index contributed by atoms with van der Waals surface area (Å²) in [6, 6.07) is 6.95. The third-order valence-electron chi connectivity index (χ3n) is 3.32. The van der Waals surface area contributed by atoms with E-state index in [1.807, 2.05) is 6.92 Å². The number of rotatable bonds is 6. The van der Waals surface area contributed by atoms with E-state index in [-0.39, 0.29) is 11.6 Å². The van der Waals surface area contributed by atoms with Crippen LogP contribution in [0, 0.1) is 6.92 Å². The molecule has 0 saturated carbocycles. The topological polar surface area (TPSA) is 58.1 Å². The summed E-state index contributed by atoms with van der Waals surface area (Å²) >= 11 is 0. The molecule has 0 bridgehead atoms. The van der Waals surface area contributed by atoms with Crippen LogP contribution in [0.3, 0.4) is 0 Å². The van der Waals surface area contributed by atoms with Crippen molar-refractivity contribution in [3.63, 3.8) is 0 Å². The highest BCUT2D eigenvalue weighted by Crippen LogP contribution is 2.12. The summed E-state index contributed by atoms with van der Waals surface area (Å²) in [5, 5.41) is 0. The molecule has 0 fully saturated rings. The second kappa shape index (κ2) is 6.76. The van der Waals surface area contributed by atoms with Gasteiger partial charge in [-0.15, -0.1) is 13.2 Å². The van der Waals surface area contributed by atoms with Crippen molar-refractivity contribution in [2.24, 2.45) is 0 Å². The number of hydrogen-bond donors (Lipinski definition) is 1. The van der Waals surface area contributed by atoms with Gasteiger partial charge >= 0.3 is 5.69 Å². The lowest BCUT2D eigenvalue weighted by molar-refractivity contribution is 0.0791. The van der Waals surface area contributed by atoms with E-state index >= 15 is 0 Å². The number of aromatic nitrogens is 2. The highest BCUT2D eigenvalue weighted by Gasteiger charge is 2.13. The number of imidazole rings is 1. The first-order valence-electron chi connectivity index (χ1n) is 6.97. The highest BCUT2D eigenvalue weighted by atomic mass is 16.2. The maximum absolute atomic E-state index is 12.4. The zero-order valence-electron chi connectivity index (χ0n) is 12.6. The first-order chi connectivity index (χ1) is 10.6. The van der Waals surface area contributed by atoms with Gasteiger partial charge in [-0.3, -0.25) is 9.36 Å². The minimum absolute atomic E-state index is 0.0931. The summed E-state index contributed by atoms with van der Waals surface area (Å²) in [5.41, 5.74) is 1.90. The molecule has 0 aliphatic heterocycles. The Hall–Kier alpha value is -2.82. The van der Waals surface area contributed by atoms with E-state index in [2.05, 4.69) is 18.1 Å². The summed E-state index contributed by atoms with van der Waals surface area (Å²) in [4.78, 5) is 28.4. The Morgan fingerprint density at radius 2 is 1.82 bits per heavy atom. The van der Waals surface area contributed by atoms with Gasteiger partial charge in [0.2, 0.25) is 0 Å². The van der Waals surface area contributed by atoms with Gasteiger partial charge in [0.1, 0.15) is 0 Å². The van der Waals surface area contributed by atoms with Crippen molar-refractivity contribution < 1.29 is 4.79 Å². The number of benzene rings is 1. The third-order valence-corrected chi connectivity index (χ3v) is 3.32. The smallest absolute Gasteiger partial charge is 0.330 e. The fourth-order valence-electron chi connectivity index (χ4n) is 2.26. The molecule has 0 radical (unpaired) electrons. The summed E-state index contributed by atoms with van der Waals surface area (Å²) in [6.45, 7) is 10.1. The Kier molecular flexibility index (Phi) is 4.78. The van der Waals surface area contributed by atoms with Crippen LogP contribution >= 0.6 is 0 Å². The van der Waals surface area contributed by atoms with Gasteiger partial charge in [0, 0.05) is 30.5 Å². The van der Waals surface area contributed by atoms with Gasteiger partial charge in [0.05, 0.1) is 5.69 Å². The number of amides is 1. The first-order valence-corrected chi connectivity index (χ1v) is 6.97. The average molecular weight is 297 g/mol. The monoisotopic (exact) mass is 297 g/mol. The fourth-order valence-corrected chi connectivity index (χ4v) is 2.26. The number of carbonyl (C=O) groups excluding carboxylic acids is 1. The molecule has 1 heterocycles. The SMILES string of the molecule is C=CCN(CC=C)C(=O)c1ccc(-n2c(C)c[nH]c2=O)cc1. The molecule has 0 aliphatic carbocycles. The molecule has 1 amide bonds. The van der Waals surface area contributed by atoms with E-state index in [4.69, 9.17) is 0 Å². The van der Waals surface area contributed by atoms with Gasteiger partial charge < -0.3 is 9.88 Å². The molecular formula is C17H19N3O2. The van der Waals surface area contributed by atoms with Crippen LogP contribution in [0.25, 0.3) is 5.69 Å². The molecule has 1 aromatic carbocycles. The Morgan fingerprint density at radius 1 is 1.23 bits per heavy atom. The molecule has 114 valence electrons. The molecule has 0 unspecified atom stereocenters. The largest absolute Gasteiger partial charge is 0.331 e. The molecule has 0 aliphatic rings. The third kappa shape index (κ3) is 3.09. The Morgan fingerprint density at radius 3 is 2.27 bits per heavy atom. The van der Waals surface area contributed by atoms with Crippen LogP contribution in [0.5, 0.6) is 0 Å². The summed E-state index contributed by atoms with van der Waals surface area (Å²) in [5.74, 6) is -0.0931. The van der Waals surface area contributed by atoms with E-state index in [0.717, 1.165) is 11.4 Å². The van der Waals surface area contributed by atoms with Crippen LogP contribution in [0.2, 0.25) is 0 Å². The minimum atomic E-state index is -0.198. The average Bonchev–Trinajstić information content (AvgIpc) is 2.85. The van der Waals surface area contributed by atoms with E-state index < -0.39 is 0 Å². The zero-order valence-corrected chi connectivity index (χ0v) is 12.6. The van der Waals surface area contributed by atoms with Crippen LogP contribution in [-0.2, 0) is 0 Å². The van der Waals surface area contributed by atoms with Crippen molar-refractivity contribution in [3.8, 4) is 5.69 Å². The van der Waals surface area contributed by atoms with Crippen LogP contribution in [0.15, 0.2) is 60.6 Å². The lowest BCUT2D eigenvalue weighted by atomic mass is 10.1. The fraction of sp³-hybridized carbons (Fsp3) is 0.176. The van der Waals surface area contributed by atoms with E-state index in [9.17, 15) is 9.59 Å². The Bertz CT molecular complexity index is 728. The molecule has 1 N–H and O–H groups in total. The van der Waals surface area contributed by atoms with Gasteiger partial charge in [-0.2, -0.15) is 0 Å². The number of nitrogens with zero attached hydrogens (tertiary/aromatic N) is 2. The molecule has 22 heavy (non-hydrogen) atoms. The van der Waals surface area contributed by atoms with E-state index in [1.165, 1.54) is 0 Å². The quantitative estimate of drug-likeness (QED) is 0.832. The molecule has 2 rings (SSSR count). The number of H-pyrrole nitrogens is 1. The molecule has 0 atom stereocenters. The lowest BCUT2D eigenvalue weighted by Crippen LogP contribution is -2.31. The maximum atomic E-state index is 12.4. The van der Waals surface area contributed by atoms with Crippen molar-refractivity contribution in [1.29, 1.82) is 0 Å². The van der Waals surface area contributed by atoms with Gasteiger partial charge in [0.15, 0.2) is 0 Å². The van der Waals surface area contributed by atoms with Crippen LogP contribution in [0.4, 0.5) is 0 Å². The number of aryl methyl sites for hydroxylation is 1. The maximum Gasteiger partial charge on any atom is 0.330 e. The van der Waals surface area contributed by atoms with Gasteiger partial charge in [-0.1, -0.05) is 12.2 Å². The molecular weight excluding hydrogens is 278 g/mol. The van der Waals surface area contributed by atoms with Crippen LogP contribution in [-0.4, -0.2) is 33.4 Å². The minimum Gasteiger partial charge on any atom is -0.331 e. The van der Waals surface area contributed by atoms with Crippen molar-refractivity contribution in [3.05, 3.63) is 77.5 Å². The highest BCUT2D eigenvalue weighted by molar-refractivity contribution is 5.94. The second-order valence-electron chi connectivity index (χ2n) is 4.90. The predicted molar refractivity (Wildman–Crippen MR) is 87.4 cm³/mol. The standard InChI is InChI=1S/C17H19N3O2/c1-4-10-19(11-5-2)16(21)14-6-8-15(9-7-14)20-13(3)12-18-17(20)22/h4-9,12H,1-2,10-11H2,3H3,(H,18,22). The molecule has 0 spiro atoms. The predicted octanol–water partition coefficient (Wildman–Crippen LogP) is 2.29. The van der Waals surface area contributed by atoms with Crippen LogP contribution < -0.4 is 5.69 Å². The van der Waals surface area contributed by atoms with E-state index in [0.29, 0.717) is 18.7 Å². The Labute approximate surface area is 129 Å². The molecule has 2 aromatic rings. The number of carbonyl (C=O) groups is 1. The number of aromatic amines is 1.